The number of rotatable bonds is 4. The minimum Gasteiger partial charge on any atom is -0.378 e. The average Bonchev–Trinajstić information content (AvgIpc) is 2.97. The number of methoxy groups -OCH3 is 1. The Bertz CT molecular complexity index is 620. The quantitative estimate of drug-likeness (QED) is 0.849. The minimum absolute atomic E-state index is 0.0408. The van der Waals surface area contributed by atoms with Crippen LogP contribution in [-0.2, 0) is 9.53 Å². The van der Waals surface area contributed by atoms with Gasteiger partial charge in [0.05, 0.1) is 17.9 Å². The first-order chi connectivity index (χ1) is 11.2. The molecule has 4 atom stereocenters. The fraction of sp³-hybridized carbons (Fsp3) is 0.824. The van der Waals surface area contributed by atoms with E-state index in [1.807, 2.05) is 4.90 Å². The summed E-state index contributed by atoms with van der Waals surface area (Å²) in [6.07, 6.45) is 6.06. The SMILES string of the molecule is COC1CN(C(=O)[C@H]2[C@H]3CC[C@H](C3)[C@@H]2c2nc(C3CC3)no2)C1. The summed E-state index contributed by atoms with van der Waals surface area (Å²) in [6, 6.07) is 0. The molecule has 6 heteroatoms. The van der Waals surface area contributed by atoms with E-state index >= 15 is 0 Å². The van der Waals surface area contributed by atoms with E-state index in [-0.39, 0.29) is 23.8 Å². The van der Waals surface area contributed by atoms with Crippen LogP contribution in [0.3, 0.4) is 0 Å². The first-order valence-electron chi connectivity index (χ1n) is 8.89. The van der Waals surface area contributed by atoms with Crippen LogP contribution in [0.1, 0.15) is 55.7 Å². The maximum absolute atomic E-state index is 13.0. The van der Waals surface area contributed by atoms with Gasteiger partial charge in [0.15, 0.2) is 5.82 Å². The van der Waals surface area contributed by atoms with Crippen LogP contribution < -0.4 is 0 Å². The fourth-order valence-corrected chi connectivity index (χ4v) is 4.87. The number of nitrogens with zero attached hydrogens (tertiary/aromatic N) is 3. The second-order valence-electron chi connectivity index (χ2n) is 7.75. The van der Waals surface area contributed by atoms with Gasteiger partial charge in [-0.2, -0.15) is 4.98 Å². The van der Waals surface area contributed by atoms with Crippen molar-refractivity contribution in [2.75, 3.05) is 20.2 Å². The Morgan fingerprint density at radius 1 is 1.22 bits per heavy atom. The van der Waals surface area contributed by atoms with Gasteiger partial charge < -0.3 is 14.2 Å². The van der Waals surface area contributed by atoms with Crippen molar-refractivity contribution >= 4 is 5.91 Å². The van der Waals surface area contributed by atoms with Crippen molar-refractivity contribution in [3.8, 4) is 0 Å². The van der Waals surface area contributed by atoms with Crippen molar-refractivity contribution < 1.29 is 14.1 Å². The van der Waals surface area contributed by atoms with Gasteiger partial charge in [-0.1, -0.05) is 5.16 Å². The van der Waals surface area contributed by atoms with Crippen LogP contribution in [-0.4, -0.2) is 47.3 Å². The topological polar surface area (TPSA) is 68.5 Å². The van der Waals surface area contributed by atoms with E-state index in [2.05, 4.69) is 10.1 Å². The van der Waals surface area contributed by atoms with Gasteiger partial charge in [-0.25, -0.2) is 0 Å². The van der Waals surface area contributed by atoms with Gasteiger partial charge in [-0.05, 0) is 43.9 Å². The van der Waals surface area contributed by atoms with Crippen LogP contribution in [0.4, 0.5) is 0 Å². The molecule has 2 bridgehead atoms. The molecule has 1 aromatic heterocycles. The standard InChI is InChI=1S/C17H23N3O3/c1-22-12-7-20(8-12)17(21)14-11-5-4-10(6-11)13(14)16-18-15(19-23-16)9-2-3-9/h9-14H,2-8H2,1H3/t10-,11+,13+,14+/m1/s1. The molecular formula is C17H23N3O3. The summed E-state index contributed by atoms with van der Waals surface area (Å²) < 4.78 is 10.9. The number of carbonyl (C=O) groups is 1. The van der Waals surface area contributed by atoms with E-state index < -0.39 is 0 Å². The molecule has 4 fully saturated rings. The van der Waals surface area contributed by atoms with Gasteiger partial charge in [-0.3, -0.25) is 4.79 Å². The molecule has 3 saturated carbocycles. The number of hydrogen-bond acceptors (Lipinski definition) is 5. The molecule has 6 nitrogen and oxygen atoms in total. The van der Waals surface area contributed by atoms with E-state index in [1.165, 1.54) is 25.7 Å². The molecule has 3 aliphatic carbocycles. The zero-order valence-electron chi connectivity index (χ0n) is 13.5. The summed E-state index contributed by atoms with van der Waals surface area (Å²) in [5.41, 5.74) is 0. The number of ether oxygens (including phenoxy) is 1. The number of aromatic nitrogens is 2. The summed E-state index contributed by atoms with van der Waals surface area (Å²) in [5, 5.41) is 4.17. The third kappa shape index (κ3) is 2.14. The lowest BCUT2D eigenvalue weighted by Crippen LogP contribution is -2.57. The fourth-order valence-electron chi connectivity index (χ4n) is 4.87. The third-order valence-corrected chi connectivity index (χ3v) is 6.38. The van der Waals surface area contributed by atoms with Crippen molar-refractivity contribution in [3.63, 3.8) is 0 Å². The van der Waals surface area contributed by atoms with Gasteiger partial charge in [0, 0.05) is 26.1 Å². The van der Waals surface area contributed by atoms with E-state index in [4.69, 9.17) is 9.26 Å². The molecule has 4 aliphatic rings. The second-order valence-corrected chi connectivity index (χ2v) is 7.75. The van der Waals surface area contributed by atoms with Crippen molar-refractivity contribution in [2.45, 2.75) is 50.0 Å². The van der Waals surface area contributed by atoms with E-state index in [0.29, 0.717) is 17.8 Å². The molecule has 1 amide bonds. The van der Waals surface area contributed by atoms with Gasteiger partial charge in [0.25, 0.3) is 0 Å². The molecule has 5 rings (SSSR count). The van der Waals surface area contributed by atoms with Gasteiger partial charge in [-0.15, -0.1) is 0 Å². The maximum atomic E-state index is 13.0. The molecule has 23 heavy (non-hydrogen) atoms. The molecule has 1 aromatic rings. The number of hydrogen-bond donors (Lipinski definition) is 0. The molecule has 0 N–H and O–H groups in total. The number of likely N-dealkylation sites (tertiary alicyclic amines) is 1. The van der Waals surface area contributed by atoms with Crippen LogP contribution >= 0.6 is 0 Å². The van der Waals surface area contributed by atoms with E-state index in [9.17, 15) is 4.79 Å². The van der Waals surface area contributed by atoms with Crippen LogP contribution in [0, 0.1) is 17.8 Å². The monoisotopic (exact) mass is 317 g/mol. The zero-order chi connectivity index (χ0) is 15.6. The highest BCUT2D eigenvalue weighted by molar-refractivity contribution is 5.81. The van der Waals surface area contributed by atoms with Crippen LogP contribution in [0.25, 0.3) is 0 Å². The predicted molar refractivity (Wildman–Crippen MR) is 80.7 cm³/mol. The molecule has 2 heterocycles. The molecule has 1 aliphatic heterocycles. The maximum Gasteiger partial charge on any atom is 0.230 e. The summed E-state index contributed by atoms with van der Waals surface area (Å²) in [4.78, 5) is 19.6. The molecule has 0 spiro atoms. The van der Waals surface area contributed by atoms with Crippen molar-refractivity contribution in [1.29, 1.82) is 0 Å². The lowest BCUT2D eigenvalue weighted by molar-refractivity contribution is -0.150. The highest BCUT2D eigenvalue weighted by Crippen LogP contribution is 2.57. The molecule has 124 valence electrons. The zero-order valence-corrected chi connectivity index (χ0v) is 13.5. The molecule has 1 saturated heterocycles. The molecular weight excluding hydrogens is 294 g/mol. The summed E-state index contributed by atoms with van der Waals surface area (Å²) >= 11 is 0. The lowest BCUT2D eigenvalue weighted by atomic mass is 9.78. The van der Waals surface area contributed by atoms with Crippen LogP contribution in [0.2, 0.25) is 0 Å². The van der Waals surface area contributed by atoms with Gasteiger partial charge >= 0.3 is 0 Å². The largest absolute Gasteiger partial charge is 0.378 e. The minimum atomic E-state index is 0.0408. The lowest BCUT2D eigenvalue weighted by Gasteiger charge is -2.41. The van der Waals surface area contributed by atoms with Crippen molar-refractivity contribution in [1.82, 2.24) is 15.0 Å². The molecule has 0 radical (unpaired) electrons. The second kappa shape index (κ2) is 5.03. The average molecular weight is 317 g/mol. The summed E-state index contributed by atoms with van der Waals surface area (Å²) in [6.45, 7) is 1.46. The Morgan fingerprint density at radius 2 is 2.00 bits per heavy atom. The summed E-state index contributed by atoms with van der Waals surface area (Å²) in [5.74, 6) is 3.58. The molecule has 0 aromatic carbocycles. The van der Waals surface area contributed by atoms with E-state index in [0.717, 1.165) is 31.2 Å². The highest BCUT2D eigenvalue weighted by atomic mass is 16.5. The van der Waals surface area contributed by atoms with Crippen molar-refractivity contribution in [3.05, 3.63) is 11.7 Å². The highest BCUT2D eigenvalue weighted by Gasteiger charge is 2.55. The Kier molecular flexibility index (Phi) is 3.05. The molecule has 0 unspecified atom stereocenters. The number of fused-ring (bicyclic) bond motifs is 2. The van der Waals surface area contributed by atoms with Crippen LogP contribution in [0.5, 0.6) is 0 Å². The smallest absolute Gasteiger partial charge is 0.230 e. The predicted octanol–water partition coefficient (Wildman–Crippen LogP) is 1.93. The Balaban J connectivity index is 1.38. The Morgan fingerprint density at radius 3 is 2.74 bits per heavy atom. The van der Waals surface area contributed by atoms with Crippen LogP contribution in [0.15, 0.2) is 4.52 Å². The first kappa shape index (κ1) is 14.0. The van der Waals surface area contributed by atoms with Crippen molar-refractivity contribution in [2.24, 2.45) is 17.8 Å². The first-order valence-corrected chi connectivity index (χ1v) is 8.89. The van der Waals surface area contributed by atoms with E-state index in [1.54, 1.807) is 7.11 Å². The Hall–Kier alpha value is -1.43. The third-order valence-electron chi connectivity index (χ3n) is 6.38. The number of amides is 1. The summed E-state index contributed by atoms with van der Waals surface area (Å²) in [7, 11) is 1.71. The van der Waals surface area contributed by atoms with Gasteiger partial charge in [0.1, 0.15) is 0 Å². The normalized spacial score (nSPS) is 36.5. The Labute approximate surface area is 135 Å². The van der Waals surface area contributed by atoms with Gasteiger partial charge in [0.2, 0.25) is 11.8 Å². The number of carbonyl (C=O) groups excluding carboxylic acids is 1.